The molecule has 0 saturated carbocycles. The smallest absolute Gasteiger partial charge is 0.222 e. The Balaban J connectivity index is 1.53. The average molecular weight is 344 g/mol. The van der Waals surface area contributed by atoms with Crippen LogP contribution in [0.15, 0.2) is 18.2 Å². The molecule has 1 N–H and O–H groups in total. The van der Waals surface area contributed by atoms with E-state index in [2.05, 4.69) is 19.8 Å². The standard InChI is InChI=1S/C19H25FN4O/c1-2-18(25)24-11-5-9-16(24)15-8-4-10-23(15)12-17-21-14-7-3-6-13(20)19(14)22-17/h3,6-7,15-16H,2,4-5,8-12H2,1H3,(H,21,22)/t15-,16-/m1/s1. The molecule has 1 amide bonds. The van der Waals surface area contributed by atoms with Gasteiger partial charge in [-0.15, -0.1) is 0 Å². The van der Waals surface area contributed by atoms with Crippen LogP contribution in [0, 0.1) is 5.82 Å². The number of aromatic amines is 1. The maximum Gasteiger partial charge on any atom is 0.222 e. The normalized spacial score (nSPS) is 24.5. The maximum atomic E-state index is 13.9. The van der Waals surface area contributed by atoms with Crippen molar-refractivity contribution in [2.24, 2.45) is 0 Å². The van der Waals surface area contributed by atoms with E-state index in [1.165, 1.54) is 6.07 Å². The van der Waals surface area contributed by atoms with Crippen LogP contribution in [0.5, 0.6) is 0 Å². The van der Waals surface area contributed by atoms with Gasteiger partial charge in [0, 0.05) is 25.0 Å². The van der Waals surface area contributed by atoms with Gasteiger partial charge in [-0.1, -0.05) is 13.0 Å². The summed E-state index contributed by atoms with van der Waals surface area (Å²) in [5, 5.41) is 0. The number of likely N-dealkylation sites (tertiary alicyclic amines) is 2. The number of hydrogen-bond acceptors (Lipinski definition) is 3. The van der Waals surface area contributed by atoms with Gasteiger partial charge in [-0.2, -0.15) is 0 Å². The van der Waals surface area contributed by atoms with E-state index in [9.17, 15) is 9.18 Å². The molecule has 2 aromatic rings. The molecule has 5 nitrogen and oxygen atoms in total. The van der Waals surface area contributed by atoms with Gasteiger partial charge in [0.15, 0.2) is 5.82 Å². The lowest BCUT2D eigenvalue weighted by Gasteiger charge is -2.34. The highest BCUT2D eigenvalue weighted by Crippen LogP contribution is 2.31. The molecule has 2 aliphatic rings. The fourth-order valence-corrected chi connectivity index (χ4v) is 4.50. The highest BCUT2D eigenvalue weighted by Gasteiger charge is 2.39. The van der Waals surface area contributed by atoms with E-state index < -0.39 is 0 Å². The first-order valence-electron chi connectivity index (χ1n) is 9.34. The average Bonchev–Trinajstić information content (AvgIpc) is 3.33. The topological polar surface area (TPSA) is 52.2 Å². The van der Waals surface area contributed by atoms with E-state index in [0.29, 0.717) is 30.6 Å². The van der Waals surface area contributed by atoms with Crippen molar-refractivity contribution in [1.82, 2.24) is 19.8 Å². The van der Waals surface area contributed by atoms with Crippen molar-refractivity contribution >= 4 is 16.9 Å². The minimum Gasteiger partial charge on any atom is -0.341 e. The first-order chi connectivity index (χ1) is 12.2. The fourth-order valence-electron chi connectivity index (χ4n) is 4.50. The molecule has 2 saturated heterocycles. The summed E-state index contributed by atoms with van der Waals surface area (Å²) in [7, 11) is 0. The van der Waals surface area contributed by atoms with Gasteiger partial charge in [-0.25, -0.2) is 9.37 Å². The van der Waals surface area contributed by atoms with Gasteiger partial charge in [0.1, 0.15) is 11.3 Å². The summed E-state index contributed by atoms with van der Waals surface area (Å²) in [6.07, 6.45) is 5.01. The van der Waals surface area contributed by atoms with Gasteiger partial charge >= 0.3 is 0 Å². The van der Waals surface area contributed by atoms with E-state index in [1.54, 1.807) is 6.07 Å². The zero-order valence-corrected chi connectivity index (χ0v) is 14.7. The minimum absolute atomic E-state index is 0.264. The van der Waals surface area contributed by atoms with E-state index in [0.717, 1.165) is 50.1 Å². The third kappa shape index (κ3) is 3.03. The largest absolute Gasteiger partial charge is 0.341 e. The van der Waals surface area contributed by atoms with Crippen LogP contribution in [-0.2, 0) is 11.3 Å². The molecule has 2 fully saturated rings. The lowest BCUT2D eigenvalue weighted by molar-refractivity contribution is -0.132. The number of halogens is 1. The number of nitrogens with zero attached hydrogens (tertiary/aromatic N) is 3. The molecule has 0 unspecified atom stereocenters. The molecule has 2 atom stereocenters. The number of H-pyrrole nitrogens is 1. The molecule has 0 spiro atoms. The number of benzene rings is 1. The van der Waals surface area contributed by atoms with Gasteiger partial charge in [0.05, 0.1) is 12.1 Å². The molecule has 6 heteroatoms. The number of amides is 1. The minimum atomic E-state index is -0.284. The third-order valence-corrected chi connectivity index (χ3v) is 5.65. The summed E-state index contributed by atoms with van der Waals surface area (Å²) in [6, 6.07) is 5.70. The van der Waals surface area contributed by atoms with E-state index in [1.807, 2.05) is 13.0 Å². The van der Waals surface area contributed by atoms with Crippen molar-refractivity contribution in [3.05, 3.63) is 29.8 Å². The molecule has 0 aliphatic carbocycles. The lowest BCUT2D eigenvalue weighted by atomic mass is 10.0. The number of aromatic nitrogens is 2. The van der Waals surface area contributed by atoms with Crippen LogP contribution >= 0.6 is 0 Å². The summed E-state index contributed by atoms with van der Waals surface area (Å²) in [6.45, 7) is 4.52. The summed E-state index contributed by atoms with van der Waals surface area (Å²) < 4.78 is 13.9. The summed E-state index contributed by atoms with van der Waals surface area (Å²) in [4.78, 5) is 24.5. The van der Waals surface area contributed by atoms with Crippen molar-refractivity contribution in [2.45, 2.75) is 57.7 Å². The Morgan fingerprint density at radius 1 is 1.28 bits per heavy atom. The van der Waals surface area contributed by atoms with E-state index in [4.69, 9.17) is 0 Å². The number of fused-ring (bicyclic) bond motifs is 1. The zero-order valence-electron chi connectivity index (χ0n) is 14.7. The number of hydrogen-bond donors (Lipinski definition) is 1. The molecule has 1 aromatic heterocycles. The highest BCUT2D eigenvalue weighted by atomic mass is 19.1. The van der Waals surface area contributed by atoms with Gasteiger partial charge in [-0.05, 0) is 44.4 Å². The second-order valence-electron chi connectivity index (χ2n) is 7.15. The molecular weight excluding hydrogens is 319 g/mol. The van der Waals surface area contributed by atoms with Gasteiger partial charge < -0.3 is 9.88 Å². The van der Waals surface area contributed by atoms with Gasteiger partial charge in [0.2, 0.25) is 5.91 Å². The quantitative estimate of drug-likeness (QED) is 0.927. The van der Waals surface area contributed by atoms with Gasteiger partial charge in [-0.3, -0.25) is 9.69 Å². The van der Waals surface area contributed by atoms with Crippen molar-refractivity contribution < 1.29 is 9.18 Å². The van der Waals surface area contributed by atoms with Crippen LogP contribution in [0.25, 0.3) is 11.0 Å². The highest BCUT2D eigenvalue weighted by molar-refractivity contribution is 5.76. The summed E-state index contributed by atoms with van der Waals surface area (Å²) in [5.41, 5.74) is 1.16. The van der Waals surface area contributed by atoms with E-state index >= 15 is 0 Å². The number of rotatable bonds is 4. The molecule has 4 rings (SSSR count). The number of carbonyl (C=O) groups excluding carboxylic acids is 1. The van der Waals surface area contributed by atoms with E-state index in [-0.39, 0.29) is 11.7 Å². The predicted molar refractivity (Wildman–Crippen MR) is 94.5 cm³/mol. The van der Waals surface area contributed by atoms with Crippen molar-refractivity contribution in [2.75, 3.05) is 13.1 Å². The lowest BCUT2D eigenvalue weighted by Crippen LogP contribution is -2.47. The number of nitrogens with one attached hydrogen (secondary N) is 1. The summed E-state index contributed by atoms with van der Waals surface area (Å²) >= 11 is 0. The van der Waals surface area contributed by atoms with Crippen LogP contribution in [0.3, 0.4) is 0 Å². The second-order valence-corrected chi connectivity index (χ2v) is 7.15. The van der Waals surface area contributed by atoms with Crippen LogP contribution in [0.4, 0.5) is 4.39 Å². The zero-order chi connectivity index (χ0) is 17.4. The molecule has 25 heavy (non-hydrogen) atoms. The molecule has 2 aliphatic heterocycles. The monoisotopic (exact) mass is 344 g/mol. The van der Waals surface area contributed by atoms with Crippen LogP contribution in [0.1, 0.15) is 44.9 Å². The van der Waals surface area contributed by atoms with Crippen molar-refractivity contribution in [1.29, 1.82) is 0 Å². The Kier molecular flexibility index (Phi) is 4.46. The Morgan fingerprint density at radius 2 is 2.08 bits per heavy atom. The number of carbonyl (C=O) groups is 1. The Hall–Kier alpha value is -1.95. The van der Waals surface area contributed by atoms with Crippen LogP contribution in [-0.4, -0.2) is 50.8 Å². The number of para-hydroxylation sites is 1. The van der Waals surface area contributed by atoms with Crippen molar-refractivity contribution in [3.63, 3.8) is 0 Å². The first-order valence-corrected chi connectivity index (χ1v) is 9.34. The predicted octanol–water partition coefficient (Wildman–Crippen LogP) is 3.07. The molecule has 0 radical (unpaired) electrons. The second kappa shape index (κ2) is 6.75. The van der Waals surface area contributed by atoms with Crippen LogP contribution < -0.4 is 0 Å². The Labute approximate surface area is 147 Å². The van der Waals surface area contributed by atoms with Crippen LogP contribution in [0.2, 0.25) is 0 Å². The Morgan fingerprint density at radius 3 is 2.88 bits per heavy atom. The SMILES string of the molecule is CCC(=O)N1CCC[C@@H]1[C@H]1CCCN1Cc1nc2c(F)cccc2[nH]1. The van der Waals surface area contributed by atoms with Crippen molar-refractivity contribution in [3.8, 4) is 0 Å². The molecule has 0 bridgehead atoms. The third-order valence-electron chi connectivity index (χ3n) is 5.65. The summed E-state index contributed by atoms with van der Waals surface area (Å²) in [5.74, 6) is 0.784. The van der Waals surface area contributed by atoms with Gasteiger partial charge in [0.25, 0.3) is 0 Å². The molecule has 3 heterocycles. The molecular formula is C19H25FN4O. The Bertz CT molecular complexity index is 774. The molecule has 1 aromatic carbocycles. The first kappa shape index (κ1) is 16.5. The fraction of sp³-hybridized carbons (Fsp3) is 0.579. The maximum absolute atomic E-state index is 13.9. The number of imidazole rings is 1. The molecule has 134 valence electrons.